The van der Waals surface area contributed by atoms with E-state index in [4.69, 9.17) is 16.3 Å². The second-order valence-electron chi connectivity index (χ2n) is 9.99. The lowest BCUT2D eigenvalue weighted by atomic mass is 9.93. The van der Waals surface area contributed by atoms with Gasteiger partial charge in [-0.25, -0.2) is 0 Å². The summed E-state index contributed by atoms with van der Waals surface area (Å²) in [6.07, 6.45) is 20.6. The third kappa shape index (κ3) is 11.2. The highest BCUT2D eigenvalue weighted by molar-refractivity contribution is 6.30. The van der Waals surface area contributed by atoms with Crippen molar-refractivity contribution in [3.8, 4) is 0 Å². The third-order valence-electron chi connectivity index (χ3n) is 6.69. The molecule has 0 saturated carbocycles. The molecule has 0 aromatic heterocycles. The number of alkyl halides is 3. The molecule has 1 spiro atoms. The lowest BCUT2D eigenvalue weighted by Crippen LogP contribution is -2.34. The van der Waals surface area contributed by atoms with Crippen LogP contribution >= 0.6 is 11.6 Å². The lowest BCUT2D eigenvalue weighted by Gasteiger charge is -2.34. The summed E-state index contributed by atoms with van der Waals surface area (Å²) in [6, 6.07) is 6.06. The summed E-state index contributed by atoms with van der Waals surface area (Å²) in [5.74, 6) is -0.211. The highest BCUT2D eigenvalue weighted by Crippen LogP contribution is 2.36. The summed E-state index contributed by atoms with van der Waals surface area (Å²) in [5, 5.41) is 0.708. The van der Waals surface area contributed by atoms with E-state index in [0.717, 1.165) is 62.9 Å². The van der Waals surface area contributed by atoms with E-state index in [-0.39, 0.29) is 17.5 Å². The van der Waals surface area contributed by atoms with Crippen molar-refractivity contribution >= 4 is 11.6 Å². The molecule has 1 saturated heterocycles. The number of likely N-dealkylation sites (tertiary alicyclic amines) is 1. The van der Waals surface area contributed by atoms with Crippen LogP contribution in [0.2, 0.25) is 5.02 Å². The molecule has 1 fully saturated rings. The smallest absolute Gasteiger partial charge is 0.406 e. The minimum absolute atomic E-state index is 0.196. The van der Waals surface area contributed by atoms with E-state index in [1.165, 1.54) is 12.2 Å². The Morgan fingerprint density at radius 3 is 2.72 bits per heavy atom. The average Bonchev–Trinajstić information content (AvgIpc) is 2.99. The van der Waals surface area contributed by atoms with Crippen LogP contribution in [0.3, 0.4) is 0 Å². The third-order valence-corrected chi connectivity index (χ3v) is 6.91. The summed E-state index contributed by atoms with van der Waals surface area (Å²) in [6.45, 7) is 6.72. The van der Waals surface area contributed by atoms with Crippen LogP contribution in [0.4, 0.5) is 13.2 Å². The average molecular weight is 562 g/mol. The maximum absolute atomic E-state index is 12.6. The monoisotopic (exact) mass is 561 g/mol. The maximum atomic E-state index is 12.6. The van der Waals surface area contributed by atoms with Gasteiger partial charge >= 0.3 is 6.36 Å². The fourth-order valence-corrected chi connectivity index (χ4v) is 5.14. The van der Waals surface area contributed by atoms with Gasteiger partial charge in [-0.2, -0.15) is 0 Å². The highest BCUT2D eigenvalue weighted by Gasteiger charge is 2.34. The molecular formula is C32H39ClF3NO2. The number of allylic oxidation sites excluding steroid dienone is 9. The Bertz CT molecular complexity index is 1080. The molecule has 0 radical (unpaired) electrons. The minimum Gasteiger partial charge on any atom is -0.406 e. The summed E-state index contributed by atoms with van der Waals surface area (Å²) in [4.78, 5) is 2.45. The van der Waals surface area contributed by atoms with E-state index in [0.29, 0.717) is 11.4 Å². The largest absolute Gasteiger partial charge is 0.573 e. The van der Waals surface area contributed by atoms with E-state index in [2.05, 4.69) is 33.9 Å². The predicted molar refractivity (Wildman–Crippen MR) is 153 cm³/mol. The Balaban J connectivity index is 1.57. The molecule has 7 heteroatoms. The van der Waals surface area contributed by atoms with Gasteiger partial charge in [0.05, 0.1) is 5.60 Å². The van der Waals surface area contributed by atoms with Crippen molar-refractivity contribution < 1.29 is 22.6 Å². The van der Waals surface area contributed by atoms with Crippen LogP contribution in [-0.2, 0) is 9.47 Å². The molecule has 3 rings (SSSR count). The van der Waals surface area contributed by atoms with Gasteiger partial charge in [0.1, 0.15) is 11.9 Å². The molecular weight excluding hydrogens is 523 g/mol. The molecule has 0 bridgehead atoms. The first-order valence-electron chi connectivity index (χ1n) is 13.7. The van der Waals surface area contributed by atoms with Crippen LogP contribution < -0.4 is 0 Å². The molecule has 0 aliphatic carbocycles. The van der Waals surface area contributed by atoms with Crippen molar-refractivity contribution in [3.63, 3.8) is 0 Å². The number of nitrogens with zero attached hydrogens (tertiary/aromatic N) is 1. The van der Waals surface area contributed by atoms with Crippen molar-refractivity contribution in [2.45, 2.75) is 70.4 Å². The van der Waals surface area contributed by atoms with Crippen molar-refractivity contribution in [2.24, 2.45) is 0 Å². The van der Waals surface area contributed by atoms with Crippen LogP contribution in [0.1, 0.15) is 62.7 Å². The van der Waals surface area contributed by atoms with Gasteiger partial charge < -0.3 is 14.4 Å². The molecule has 2 aliphatic rings. The second-order valence-corrected chi connectivity index (χ2v) is 10.4. The fraction of sp³-hybridized carbons (Fsp3) is 0.438. The van der Waals surface area contributed by atoms with Crippen molar-refractivity contribution in [1.82, 2.24) is 4.90 Å². The SMILES string of the molecule is CC\C=C/C(=C\C=C\CCCN1CCCC2(/C=C/C=C\C=C\C(c3cc(C)cc(Cl)c3)O2)CC1)OC(F)(F)F. The quantitative estimate of drug-likeness (QED) is 0.170. The van der Waals surface area contributed by atoms with Crippen LogP contribution in [-0.4, -0.2) is 36.5 Å². The van der Waals surface area contributed by atoms with Gasteiger partial charge in [0.15, 0.2) is 0 Å². The molecule has 39 heavy (non-hydrogen) atoms. The molecule has 2 unspecified atom stereocenters. The van der Waals surface area contributed by atoms with Gasteiger partial charge in [-0.15, -0.1) is 13.2 Å². The number of ether oxygens (including phenoxy) is 2. The summed E-state index contributed by atoms with van der Waals surface area (Å²) >= 11 is 6.36. The highest BCUT2D eigenvalue weighted by atomic mass is 35.5. The van der Waals surface area contributed by atoms with Gasteiger partial charge in [-0.1, -0.05) is 79.3 Å². The molecule has 2 aliphatic heterocycles. The number of hydrogen-bond acceptors (Lipinski definition) is 3. The van der Waals surface area contributed by atoms with Gasteiger partial charge in [0, 0.05) is 11.6 Å². The number of rotatable bonds is 9. The van der Waals surface area contributed by atoms with Crippen molar-refractivity contribution in [3.05, 3.63) is 107 Å². The summed E-state index contributed by atoms with van der Waals surface area (Å²) < 4.78 is 48.7. The first kappa shape index (κ1) is 31.0. The standard InChI is InChI=1S/C32H39ClF3NO2/c1-3-4-14-29(38-32(34,35)36)15-9-6-8-12-20-37-21-13-18-31(19-22-37)17-11-7-5-10-16-30(39-31)27-23-26(2)24-28(33)25-27/h4-7,9-11,14-17,23-25,30H,3,8,12-13,18-22H2,1-2H3/b7-5-,9-6+,14-4-,16-10+,17-11+,29-15+. The first-order chi connectivity index (χ1) is 18.7. The minimum atomic E-state index is -4.70. The molecule has 0 amide bonds. The van der Waals surface area contributed by atoms with E-state index in [9.17, 15) is 13.2 Å². The molecule has 2 atom stereocenters. The van der Waals surface area contributed by atoms with E-state index >= 15 is 0 Å². The first-order valence-corrected chi connectivity index (χ1v) is 14.0. The summed E-state index contributed by atoms with van der Waals surface area (Å²) in [5.41, 5.74) is 1.78. The Labute approximate surface area is 236 Å². The van der Waals surface area contributed by atoms with Crippen LogP contribution in [0.5, 0.6) is 0 Å². The maximum Gasteiger partial charge on any atom is 0.573 e. The van der Waals surface area contributed by atoms with Crippen LogP contribution in [0, 0.1) is 6.92 Å². The molecule has 2 heterocycles. The van der Waals surface area contributed by atoms with E-state index < -0.39 is 6.36 Å². The van der Waals surface area contributed by atoms with E-state index in [1.807, 2.05) is 50.3 Å². The number of aryl methyl sites for hydroxylation is 1. The van der Waals surface area contributed by atoms with Crippen LogP contribution in [0.25, 0.3) is 0 Å². The number of unbranched alkanes of at least 4 members (excludes halogenated alkanes) is 1. The van der Waals surface area contributed by atoms with Crippen molar-refractivity contribution in [2.75, 3.05) is 19.6 Å². The normalized spacial score (nSPS) is 25.8. The van der Waals surface area contributed by atoms with Crippen LogP contribution in [0.15, 0.2) is 90.8 Å². The van der Waals surface area contributed by atoms with Gasteiger partial charge in [0.25, 0.3) is 0 Å². The Morgan fingerprint density at radius 2 is 1.95 bits per heavy atom. The fourth-order valence-electron chi connectivity index (χ4n) is 4.84. The Hall–Kier alpha value is -2.54. The predicted octanol–water partition coefficient (Wildman–Crippen LogP) is 9.34. The van der Waals surface area contributed by atoms with Gasteiger partial charge in [-0.05, 0) is 93.9 Å². The van der Waals surface area contributed by atoms with E-state index in [1.54, 1.807) is 12.2 Å². The van der Waals surface area contributed by atoms with Gasteiger partial charge in [-0.3, -0.25) is 0 Å². The lowest BCUT2D eigenvalue weighted by molar-refractivity contribution is -0.303. The molecule has 1 aromatic carbocycles. The molecule has 1 aromatic rings. The summed E-state index contributed by atoms with van der Waals surface area (Å²) in [7, 11) is 0. The zero-order valence-corrected chi connectivity index (χ0v) is 23.6. The number of halogens is 4. The molecule has 212 valence electrons. The number of benzene rings is 1. The number of hydrogen-bond donors (Lipinski definition) is 0. The van der Waals surface area contributed by atoms with Crippen molar-refractivity contribution in [1.29, 1.82) is 0 Å². The Morgan fingerprint density at radius 1 is 1.13 bits per heavy atom. The molecule has 3 nitrogen and oxygen atoms in total. The topological polar surface area (TPSA) is 21.7 Å². The molecule has 0 N–H and O–H groups in total. The zero-order chi connectivity index (χ0) is 28.1. The second kappa shape index (κ2) is 15.3. The van der Waals surface area contributed by atoms with Gasteiger partial charge in [0.2, 0.25) is 0 Å². The zero-order valence-electron chi connectivity index (χ0n) is 22.8. The Kier molecular flexibility index (Phi) is 12.2.